The molecule has 3 aromatic rings. The molecule has 3 fully saturated rings. The predicted molar refractivity (Wildman–Crippen MR) is 161 cm³/mol. The second-order valence-electron chi connectivity index (χ2n) is 15.1. The van der Waals surface area contributed by atoms with Crippen LogP contribution in [0.3, 0.4) is 0 Å². The van der Waals surface area contributed by atoms with Crippen molar-refractivity contribution in [3.05, 3.63) is 82.1 Å². The highest BCUT2D eigenvalue weighted by Gasteiger charge is 2.65. The molecule has 3 saturated carbocycles. The van der Waals surface area contributed by atoms with E-state index in [9.17, 15) is 0 Å². The molecule has 7 rings (SSSR count). The van der Waals surface area contributed by atoms with Gasteiger partial charge in [-0.3, -0.25) is 0 Å². The fourth-order valence-corrected chi connectivity index (χ4v) is 10.5. The summed E-state index contributed by atoms with van der Waals surface area (Å²) in [7, 11) is 0. The number of hydrogen-bond acceptors (Lipinski definition) is 0. The van der Waals surface area contributed by atoms with E-state index in [4.69, 9.17) is 0 Å². The van der Waals surface area contributed by atoms with Crippen LogP contribution in [0.1, 0.15) is 113 Å². The summed E-state index contributed by atoms with van der Waals surface area (Å²) in [6.07, 6.45) is 14.8. The van der Waals surface area contributed by atoms with Gasteiger partial charge < -0.3 is 4.98 Å². The van der Waals surface area contributed by atoms with E-state index in [0.29, 0.717) is 16.7 Å². The van der Waals surface area contributed by atoms with E-state index in [1.807, 2.05) is 0 Å². The Hall–Kier alpha value is -2.28. The lowest BCUT2D eigenvalue weighted by Crippen LogP contribution is -2.61. The smallest absolute Gasteiger partial charge is 0.0457 e. The fourth-order valence-electron chi connectivity index (χ4n) is 10.5. The van der Waals surface area contributed by atoms with Crippen molar-refractivity contribution in [1.82, 2.24) is 4.98 Å². The molecule has 0 radical (unpaired) electrons. The topological polar surface area (TPSA) is 15.8 Å². The number of aromatic amines is 1. The maximum Gasteiger partial charge on any atom is 0.0457 e. The van der Waals surface area contributed by atoms with Gasteiger partial charge in [0.1, 0.15) is 0 Å². The molecule has 1 nitrogen and oxygen atoms in total. The van der Waals surface area contributed by atoms with Gasteiger partial charge in [-0.05, 0) is 115 Å². The van der Waals surface area contributed by atoms with Gasteiger partial charge in [0.05, 0.1) is 0 Å². The van der Waals surface area contributed by atoms with Crippen molar-refractivity contribution in [2.24, 2.45) is 28.1 Å². The Balaban J connectivity index is 1.46. The quantitative estimate of drug-likeness (QED) is 0.317. The van der Waals surface area contributed by atoms with Crippen LogP contribution in [0.2, 0.25) is 0 Å². The van der Waals surface area contributed by atoms with Crippen molar-refractivity contribution >= 4 is 10.9 Å². The highest BCUT2D eigenvalue weighted by Crippen LogP contribution is 2.74. The monoisotopic (exact) mass is 505 g/mol. The molecule has 0 bridgehead atoms. The summed E-state index contributed by atoms with van der Waals surface area (Å²) in [4.78, 5) is 3.64. The van der Waals surface area contributed by atoms with Gasteiger partial charge in [0.15, 0.2) is 0 Å². The molecular formula is C37H47N. The van der Waals surface area contributed by atoms with Gasteiger partial charge in [-0.1, -0.05) is 82.5 Å². The molecule has 38 heavy (non-hydrogen) atoms. The van der Waals surface area contributed by atoms with Crippen molar-refractivity contribution in [2.45, 2.75) is 105 Å². The molecule has 0 spiro atoms. The third-order valence-corrected chi connectivity index (χ3v) is 13.0. The fraction of sp³-hybridized carbons (Fsp3) is 0.568. The van der Waals surface area contributed by atoms with Crippen LogP contribution < -0.4 is 0 Å². The minimum absolute atomic E-state index is 0.127. The Morgan fingerprint density at radius 2 is 1.71 bits per heavy atom. The molecule has 4 aliphatic rings. The van der Waals surface area contributed by atoms with E-state index in [1.165, 1.54) is 72.5 Å². The average molecular weight is 506 g/mol. The van der Waals surface area contributed by atoms with Gasteiger partial charge in [0.25, 0.3) is 0 Å². The summed E-state index contributed by atoms with van der Waals surface area (Å²) < 4.78 is 0. The Labute approximate surface area is 230 Å². The number of allylic oxidation sites excluding steroid dienone is 2. The summed E-state index contributed by atoms with van der Waals surface area (Å²) in [5, 5.41) is 1.39. The molecule has 1 aromatic heterocycles. The molecule has 1 N–H and O–H groups in total. The first-order chi connectivity index (χ1) is 18.0. The largest absolute Gasteiger partial charge is 0.361 e. The molecule has 0 amide bonds. The molecular weight excluding hydrogens is 458 g/mol. The van der Waals surface area contributed by atoms with Crippen molar-refractivity contribution in [3.63, 3.8) is 0 Å². The Bertz CT molecular complexity index is 1470. The van der Waals surface area contributed by atoms with Crippen LogP contribution in [0.5, 0.6) is 0 Å². The Morgan fingerprint density at radius 3 is 2.53 bits per heavy atom. The normalized spacial score (nSPS) is 40.1. The van der Waals surface area contributed by atoms with E-state index in [2.05, 4.69) is 102 Å². The van der Waals surface area contributed by atoms with Gasteiger partial charge in [-0.2, -0.15) is 0 Å². The summed E-state index contributed by atoms with van der Waals surface area (Å²) in [5.41, 5.74) is 11.7. The number of hydrogen-bond donors (Lipinski definition) is 1. The summed E-state index contributed by atoms with van der Waals surface area (Å²) >= 11 is 0. The highest BCUT2D eigenvalue weighted by molar-refractivity contribution is 5.86. The maximum atomic E-state index is 3.64. The van der Waals surface area contributed by atoms with E-state index < -0.39 is 0 Å². The van der Waals surface area contributed by atoms with Crippen LogP contribution >= 0.6 is 0 Å². The lowest BCUT2D eigenvalue weighted by molar-refractivity contribution is -0.145. The van der Waals surface area contributed by atoms with Crippen LogP contribution in [0, 0.1) is 41.9 Å². The number of aromatic nitrogens is 1. The number of nitrogens with one attached hydrogen (secondary N) is 1. The third kappa shape index (κ3) is 3.05. The van der Waals surface area contributed by atoms with Gasteiger partial charge in [0, 0.05) is 28.4 Å². The minimum Gasteiger partial charge on any atom is -0.361 e. The SMILES string of the molecule is Cc1ccc2[nH]cc(C3C=C4[C@@](C)(CC[C@@]5(C)[C@@H]6C[C@@H](C)CC[C@]6(C)CC[C@]45C)c4cccc(C)c43)c2c1. The van der Waals surface area contributed by atoms with E-state index in [0.717, 1.165) is 11.8 Å². The van der Waals surface area contributed by atoms with Crippen molar-refractivity contribution in [2.75, 3.05) is 0 Å². The predicted octanol–water partition coefficient (Wildman–Crippen LogP) is 10.2. The molecule has 1 heterocycles. The van der Waals surface area contributed by atoms with Gasteiger partial charge in [-0.25, -0.2) is 0 Å². The molecule has 2 aromatic carbocycles. The third-order valence-electron chi connectivity index (χ3n) is 13.0. The van der Waals surface area contributed by atoms with Crippen LogP contribution in [0.4, 0.5) is 0 Å². The van der Waals surface area contributed by atoms with Crippen LogP contribution in [0.15, 0.2) is 54.2 Å². The van der Waals surface area contributed by atoms with Gasteiger partial charge >= 0.3 is 0 Å². The summed E-state index contributed by atoms with van der Waals surface area (Å²) in [6, 6.07) is 14.1. The Kier molecular flexibility index (Phi) is 5.14. The molecule has 0 aliphatic heterocycles. The first-order valence-electron chi connectivity index (χ1n) is 15.4. The van der Waals surface area contributed by atoms with Crippen LogP contribution in [-0.2, 0) is 5.41 Å². The zero-order valence-electron chi connectivity index (χ0n) is 24.8. The van der Waals surface area contributed by atoms with Gasteiger partial charge in [0.2, 0.25) is 0 Å². The van der Waals surface area contributed by atoms with E-state index in [-0.39, 0.29) is 10.8 Å². The van der Waals surface area contributed by atoms with E-state index in [1.54, 1.807) is 16.7 Å². The van der Waals surface area contributed by atoms with Crippen molar-refractivity contribution in [3.8, 4) is 0 Å². The summed E-state index contributed by atoms with van der Waals surface area (Å²) in [5.74, 6) is 2.00. The lowest BCUT2D eigenvalue weighted by atomic mass is 9.35. The first-order valence-corrected chi connectivity index (χ1v) is 15.4. The average Bonchev–Trinajstić information content (AvgIpc) is 3.30. The second-order valence-corrected chi connectivity index (χ2v) is 15.1. The number of H-pyrrole nitrogens is 1. The zero-order valence-corrected chi connectivity index (χ0v) is 24.8. The van der Waals surface area contributed by atoms with Crippen molar-refractivity contribution in [1.29, 1.82) is 0 Å². The molecule has 7 atom stereocenters. The number of rotatable bonds is 1. The minimum atomic E-state index is 0.127. The number of aryl methyl sites for hydroxylation is 2. The van der Waals surface area contributed by atoms with E-state index >= 15 is 0 Å². The second kappa shape index (κ2) is 7.89. The first kappa shape index (κ1) is 24.7. The highest BCUT2D eigenvalue weighted by atomic mass is 14.7. The summed E-state index contributed by atoms with van der Waals surface area (Å²) in [6.45, 7) is 17.8. The zero-order chi connectivity index (χ0) is 26.7. The Morgan fingerprint density at radius 1 is 0.895 bits per heavy atom. The molecule has 0 saturated heterocycles. The molecule has 1 unspecified atom stereocenters. The molecule has 200 valence electrons. The van der Waals surface area contributed by atoms with Crippen LogP contribution in [-0.4, -0.2) is 4.98 Å². The maximum absolute atomic E-state index is 3.64. The van der Waals surface area contributed by atoms with Gasteiger partial charge in [-0.15, -0.1) is 0 Å². The lowest BCUT2D eigenvalue weighted by Gasteiger charge is -2.69. The standard InChI is InChI=1S/C37H47N/c1-23-11-12-30-26(19-23)28(22-38-30)27-21-32-35(5,29-10-8-9-25(3)33(27)29)16-18-36(6)31-20-24(2)13-14-34(31,4)15-17-37(32,36)7/h8-12,19,21-22,24,27,31,38H,13-18,20H2,1-7H3/t24-,27?,31+,34+,35-,36-,37+/m0/s1. The van der Waals surface area contributed by atoms with Crippen LogP contribution in [0.25, 0.3) is 10.9 Å². The molecule has 1 heteroatoms. The number of benzene rings is 2. The molecule has 4 aliphatic carbocycles. The number of fused-ring (bicyclic) bond motifs is 8. The van der Waals surface area contributed by atoms with Crippen molar-refractivity contribution < 1.29 is 0 Å².